The van der Waals surface area contributed by atoms with Gasteiger partial charge in [0, 0.05) is 31.1 Å². The molecule has 1 amide bonds. The van der Waals surface area contributed by atoms with Crippen molar-refractivity contribution >= 4 is 11.6 Å². The Hall–Kier alpha value is -2.90. The highest BCUT2D eigenvalue weighted by Crippen LogP contribution is 2.39. The number of hydrogen-bond donors (Lipinski definition) is 0. The molecule has 30 heavy (non-hydrogen) atoms. The molecule has 0 N–H and O–H groups in total. The summed E-state index contributed by atoms with van der Waals surface area (Å²) in [4.78, 5) is 15.4. The van der Waals surface area contributed by atoms with Crippen molar-refractivity contribution in [1.82, 2.24) is 9.91 Å². The van der Waals surface area contributed by atoms with Crippen LogP contribution < -0.4 is 9.47 Å². The SMILES string of the molecule is COc1ccc(C2CC(c3ccccc3)=NN2C(=O)CN2CCOCC2)c(OC)c1. The van der Waals surface area contributed by atoms with E-state index in [-0.39, 0.29) is 11.9 Å². The maximum absolute atomic E-state index is 13.3. The lowest BCUT2D eigenvalue weighted by Gasteiger charge is -2.29. The third-order valence-electron chi connectivity index (χ3n) is 5.54. The number of rotatable bonds is 6. The summed E-state index contributed by atoms with van der Waals surface area (Å²) >= 11 is 0. The number of carbonyl (C=O) groups is 1. The fourth-order valence-corrected chi connectivity index (χ4v) is 3.90. The molecular formula is C23H27N3O4. The van der Waals surface area contributed by atoms with Crippen LogP contribution in [-0.2, 0) is 9.53 Å². The Labute approximate surface area is 176 Å². The Morgan fingerprint density at radius 1 is 1.10 bits per heavy atom. The summed E-state index contributed by atoms with van der Waals surface area (Å²) in [5.41, 5.74) is 2.84. The zero-order valence-electron chi connectivity index (χ0n) is 17.4. The summed E-state index contributed by atoms with van der Waals surface area (Å²) in [6.45, 7) is 3.14. The van der Waals surface area contributed by atoms with Crippen LogP contribution in [0.1, 0.15) is 23.6 Å². The molecule has 0 bridgehead atoms. The lowest BCUT2D eigenvalue weighted by Crippen LogP contribution is -2.43. The Kier molecular flexibility index (Phi) is 6.30. The molecule has 0 aliphatic carbocycles. The molecule has 1 fully saturated rings. The minimum Gasteiger partial charge on any atom is -0.497 e. The van der Waals surface area contributed by atoms with E-state index in [1.807, 2.05) is 48.5 Å². The van der Waals surface area contributed by atoms with E-state index in [1.54, 1.807) is 19.2 Å². The summed E-state index contributed by atoms with van der Waals surface area (Å²) in [5, 5.41) is 6.38. The van der Waals surface area contributed by atoms with Gasteiger partial charge in [-0.25, -0.2) is 5.01 Å². The number of morpholine rings is 1. The topological polar surface area (TPSA) is 63.6 Å². The largest absolute Gasteiger partial charge is 0.497 e. The predicted octanol–water partition coefficient (Wildman–Crippen LogP) is 2.71. The molecule has 2 aliphatic rings. The Balaban J connectivity index is 1.64. The molecule has 1 atom stereocenters. The molecule has 2 aromatic carbocycles. The van der Waals surface area contributed by atoms with Crippen LogP contribution in [0.5, 0.6) is 11.5 Å². The molecule has 1 saturated heterocycles. The number of hydrogen-bond acceptors (Lipinski definition) is 6. The van der Waals surface area contributed by atoms with Crippen molar-refractivity contribution in [1.29, 1.82) is 0 Å². The summed E-state index contributed by atoms with van der Waals surface area (Å²) in [6, 6.07) is 15.5. The van der Waals surface area contributed by atoms with Gasteiger partial charge < -0.3 is 14.2 Å². The van der Waals surface area contributed by atoms with Crippen molar-refractivity contribution in [2.24, 2.45) is 5.10 Å². The second-order valence-corrected chi connectivity index (χ2v) is 7.37. The van der Waals surface area contributed by atoms with Crippen LogP contribution >= 0.6 is 0 Å². The molecule has 0 radical (unpaired) electrons. The highest BCUT2D eigenvalue weighted by atomic mass is 16.5. The quantitative estimate of drug-likeness (QED) is 0.734. The van der Waals surface area contributed by atoms with Gasteiger partial charge in [-0.3, -0.25) is 9.69 Å². The molecule has 2 aliphatic heterocycles. The maximum atomic E-state index is 13.3. The van der Waals surface area contributed by atoms with E-state index in [9.17, 15) is 4.79 Å². The van der Waals surface area contributed by atoms with Crippen molar-refractivity contribution in [2.45, 2.75) is 12.5 Å². The fourth-order valence-electron chi connectivity index (χ4n) is 3.90. The summed E-state index contributed by atoms with van der Waals surface area (Å²) in [5.74, 6) is 1.38. The van der Waals surface area contributed by atoms with Crippen molar-refractivity contribution in [3.05, 3.63) is 59.7 Å². The van der Waals surface area contributed by atoms with Crippen LogP contribution in [0, 0.1) is 0 Å². The molecule has 1 unspecified atom stereocenters. The van der Waals surface area contributed by atoms with E-state index in [0.717, 1.165) is 29.9 Å². The van der Waals surface area contributed by atoms with Gasteiger partial charge in [0.25, 0.3) is 5.91 Å². The number of carbonyl (C=O) groups excluding carboxylic acids is 1. The maximum Gasteiger partial charge on any atom is 0.257 e. The van der Waals surface area contributed by atoms with Gasteiger partial charge in [0.2, 0.25) is 0 Å². The van der Waals surface area contributed by atoms with E-state index >= 15 is 0 Å². The summed E-state index contributed by atoms with van der Waals surface area (Å²) in [7, 11) is 3.25. The van der Waals surface area contributed by atoms with Gasteiger partial charge in [0.1, 0.15) is 11.5 Å². The van der Waals surface area contributed by atoms with Crippen molar-refractivity contribution in [2.75, 3.05) is 47.1 Å². The number of hydrazone groups is 1. The Bertz CT molecular complexity index is 910. The van der Waals surface area contributed by atoms with E-state index in [0.29, 0.717) is 37.7 Å². The molecule has 4 rings (SSSR count). The lowest BCUT2D eigenvalue weighted by molar-refractivity contribution is -0.135. The average Bonchev–Trinajstić information content (AvgIpc) is 3.25. The molecule has 2 heterocycles. The zero-order valence-corrected chi connectivity index (χ0v) is 17.4. The highest BCUT2D eigenvalue weighted by Gasteiger charge is 2.35. The van der Waals surface area contributed by atoms with Crippen LogP contribution in [0.3, 0.4) is 0 Å². The van der Waals surface area contributed by atoms with Crippen LogP contribution in [0.15, 0.2) is 53.6 Å². The second-order valence-electron chi connectivity index (χ2n) is 7.37. The summed E-state index contributed by atoms with van der Waals surface area (Å²) in [6.07, 6.45) is 0.627. The first-order valence-electron chi connectivity index (χ1n) is 10.2. The molecular weight excluding hydrogens is 382 g/mol. The van der Waals surface area contributed by atoms with Crippen molar-refractivity contribution in [3.63, 3.8) is 0 Å². The minimum atomic E-state index is -0.227. The van der Waals surface area contributed by atoms with E-state index < -0.39 is 0 Å². The van der Waals surface area contributed by atoms with E-state index in [1.165, 1.54) is 0 Å². The standard InChI is InChI=1S/C23H27N3O4/c1-28-18-8-9-19(22(14-18)29-2)21-15-20(17-6-4-3-5-7-17)24-26(21)23(27)16-25-10-12-30-13-11-25/h3-9,14,21H,10-13,15-16H2,1-2H3. The van der Waals surface area contributed by atoms with Crippen LogP contribution in [-0.4, -0.2) is 68.6 Å². The molecule has 0 saturated carbocycles. The van der Waals surface area contributed by atoms with Gasteiger partial charge in [0.15, 0.2) is 0 Å². The van der Waals surface area contributed by atoms with Gasteiger partial charge in [-0.2, -0.15) is 5.10 Å². The number of benzene rings is 2. The first-order chi connectivity index (χ1) is 14.7. The van der Waals surface area contributed by atoms with Crippen LogP contribution in [0.4, 0.5) is 0 Å². The van der Waals surface area contributed by atoms with E-state index in [4.69, 9.17) is 19.3 Å². The van der Waals surface area contributed by atoms with E-state index in [2.05, 4.69) is 4.90 Å². The second kappa shape index (κ2) is 9.28. The lowest BCUT2D eigenvalue weighted by atomic mass is 9.97. The third kappa shape index (κ3) is 4.32. The molecule has 0 spiro atoms. The Morgan fingerprint density at radius 3 is 2.57 bits per heavy atom. The number of methoxy groups -OCH3 is 2. The fraction of sp³-hybridized carbons (Fsp3) is 0.391. The van der Waals surface area contributed by atoms with Gasteiger partial charge >= 0.3 is 0 Å². The third-order valence-corrected chi connectivity index (χ3v) is 5.54. The smallest absolute Gasteiger partial charge is 0.257 e. The minimum absolute atomic E-state index is 0.0225. The first kappa shape index (κ1) is 20.4. The highest BCUT2D eigenvalue weighted by molar-refractivity contribution is 6.03. The van der Waals surface area contributed by atoms with Crippen molar-refractivity contribution < 1.29 is 19.0 Å². The molecule has 0 aromatic heterocycles. The first-order valence-corrected chi connectivity index (χ1v) is 10.2. The Morgan fingerprint density at radius 2 is 1.87 bits per heavy atom. The number of nitrogens with zero attached hydrogens (tertiary/aromatic N) is 3. The van der Waals surface area contributed by atoms with Crippen molar-refractivity contribution in [3.8, 4) is 11.5 Å². The molecule has 2 aromatic rings. The number of ether oxygens (including phenoxy) is 3. The van der Waals surface area contributed by atoms with Crippen LogP contribution in [0.2, 0.25) is 0 Å². The predicted molar refractivity (Wildman–Crippen MR) is 114 cm³/mol. The average molecular weight is 409 g/mol. The normalized spacial score (nSPS) is 19.5. The molecule has 7 heteroatoms. The van der Waals surface area contributed by atoms with Crippen LogP contribution in [0.25, 0.3) is 0 Å². The summed E-state index contributed by atoms with van der Waals surface area (Å²) < 4.78 is 16.4. The van der Waals surface area contributed by atoms with Gasteiger partial charge in [-0.1, -0.05) is 30.3 Å². The van der Waals surface area contributed by atoms with Gasteiger partial charge in [0.05, 0.1) is 45.7 Å². The zero-order chi connectivity index (χ0) is 20.9. The molecule has 158 valence electrons. The van der Waals surface area contributed by atoms with Gasteiger partial charge in [-0.05, 0) is 17.7 Å². The monoisotopic (exact) mass is 409 g/mol. The van der Waals surface area contributed by atoms with Gasteiger partial charge in [-0.15, -0.1) is 0 Å². The number of amides is 1. The molecule has 7 nitrogen and oxygen atoms in total.